The van der Waals surface area contributed by atoms with Crippen LogP contribution in [0.15, 0.2) is 24.3 Å². The summed E-state index contributed by atoms with van der Waals surface area (Å²) in [6.07, 6.45) is -4.27. The first kappa shape index (κ1) is 19.5. The van der Waals surface area contributed by atoms with E-state index in [1.165, 1.54) is 12.1 Å². The molecule has 2 rings (SSSR count). The van der Waals surface area contributed by atoms with Gasteiger partial charge in [-0.3, -0.25) is 9.69 Å². The Labute approximate surface area is 145 Å². The predicted octanol–water partition coefficient (Wildman–Crippen LogP) is 2.66. The van der Waals surface area contributed by atoms with Gasteiger partial charge in [0.25, 0.3) is 0 Å². The van der Waals surface area contributed by atoms with Gasteiger partial charge in [-0.1, -0.05) is 12.1 Å². The zero-order valence-corrected chi connectivity index (χ0v) is 14.2. The molecule has 1 aliphatic rings. The van der Waals surface area contributed by atoms with Crippen LogP contribution in [0.3, 0.4) is 0 Å². The number of hydrogen-bond acceptors (Lipinski definition) is 5. The summed E-state index contributed by atoms with van der Waals surface area (Å²) in [7, 11) is 0. The Bertz CT molecular complexity index is 541. The summed E-state index contributed by atoms with van der Waals surface area (Å²) in [6, 6.07) is 5.96. The second-order valence-electron chi connectivity index (χ2n) is 5.86. The molecule has 1 aromatic rings. The molecule has 0 bridgehead atoms. The van der Waals surface area contributed by atoms with E-state index in [0.29, 0.717) is 26.1 Å². The first-order valence-electron chi connectivity index (χ1n) is 8.31. The largest absolute Gasteiger partial charge is 0.573 e. The Hall–Kier alpha value is -1.80. The van der Waals surface area contributed by atoms with Gasteiger partial charge in [0.2, 0.25) is 0 Å². The zero-order valence-electron chi connectivity index (χ0n) is 14.2. The molecular formula is C17H23F3N2O3. The third-order valence-corrected chi connectivity index (χ3v) is 3.97. The van der Waals surface area contributed by atoms with Gasteiger partial charge in [-0.25, -0.2) is 0 Å². The number of carbonyl (C=O) groups excluding carboxylic acids is 1. The molecule has 5 nitrogen and oxygen atoms in total. The lowest BCUT2D eigenvalue weighted by atomic mass is 10.2. The number of carbonyl (C=O) groups is 1. The molecule has 0 amide bonds. The Morgan fingerprint density at radius 3 is 2.24 bits per heavy atom. The SMILES string of the molecule is CCOC(=O)CCN1CCN(Cc2ccc(OC(F)(F)F)cc2)CC1. The van der Waals surface area contributed by atoms with Crippen LogP contribution < -0.4 is 4.74 Å². The maximum atomic E-state index is 12.1. The first-order chi connectivity index (χ1) is 11.9. The standard InChI is InChI=1S/C17H23F3N2O3/c1-2-24-16(23)7-8-21-9-11-22(12-10-21)13-14-3-5-15(6-4-14)25-17(18,19)20/h3-6H,2,7-13H2,1H3. The monoisotopic (exact) mass is 360 g/mol. The van der Waals surface area contributed by atoms with E-state index < -0.39 is 6.36 Å². The van der Waals surface area contributed by atoms with Crippen LogP contribution in [0.5, 0.6) is 5.75 Å². The highest BCUT2D eigenvalue weighted by atomic mass is 19.4. The third kappa shape index (κ3) is 7.31. The lowest BCUT2D eigenvalue weighted by molar-refractivity contribution is -0.274. The molecule has 8 heteroatoms. The number of benzene rings is 1. The predicted molar refractivity (Wildman–Crippen MR) is 86.1 cm³/mol. The average Bonchev–Trinajstić information content (AvgIpc) is 2.55. The summed E-state index contributed by atoms with van der Waals surface area (Å²) in [6.45, 7) is 6.97. The van der Waals surface area contributed by atoms with E-state index in [-0.39, 0.29) is 11.7 Å². The molecule has 0 aliphatic carbocycles. The van der Waals surface area contributed by atoms with Crippen molar-refractivity contribution < 1.29 is 27.4 Å². The van der Waals surface area contributed by atoms with E-state index in [1.807, 2.05) is 0 Å². The minimum absolute atomic E-state index is 0.175. The molecule has 1 heterocycles. The molecule has 1 aromatic carbocycles. The van der Waals surface area contributed by atoms with Crippen molar-refractivity contribution in [3.05, 3.63) is 29.8 Å². The molecule has 0 saturated carbocycles. The fourth-order valence-electron chi connectivity index (χ4n) is 2.71. The molecule has 25 heavy (non-hydrogen) atoms. The van der Waals surface area contributed by atoms with Crippen molar-refractivity contribution in [2.75, 3.05) is 39.3 Å². The fraction of sp³-hybridized carbons (Fsp3) is 0.588. The number of rotatable bonds is 7. The highest BCUT2D eigenvalue weighted by Gasteiger charge is 2.31. The number of halogens is 3. The van der Waals surface area contributed by atoms with Gasteiger partial charge in [0.1, 0.15) is 5.75 Å². The second-order valence-corrected chi connectivity index (χ2v) is 5.86. The highest BCUT2D eigenvalue weighted by Crippen LogP contribution is 2.23. The Morgan fingerprint density at radius 2 is 1.68 bits per heavy atom. The van der Waals surface area contributed by atoms with Gasteiger partial charge >= 0.3 is 12.3 Å². The number of esters is 1. The van der Waals surface area contributed by atoms with Crippen molar-refractivity contribution in [2.45, 2.75) is 26.3 Å². The number of hydrogen-bond donors (Lipinski definition) is 0. The molecule has 1 saturated heterocycles. The Morgan fingerprint density at radius 1 is 1.08 bits per heavy atom. The van der Waals surface area contributed by atoms with Crippen molar-refractivity contribution in [1.82, 2.24) is 9.80 Å². The Balaban J connectivity index is 1.72. The van der Waals surface area contributed by atoms with Crippen molar-refractivity contribution >= 4 is 5.97 Å². The number of nitrogens with zero attached hydrogens (tertiary/aromatic N) is 2. The van der Waals surface area contributed by atoms with E-state index >= 15 is 0 Å². The minimum atomic E-state index is -4.67. The van der Waals surface area contributed by atoms with Crippen LogP contribution in [0.2, 0.25) is 0 Å². The van der Waals surface area contributed by atoms with Crippen molar-refractivity contribution in [3.63, 3.8) is 0 Å². The minimum Gasteiger partial charge on any atom is -0.466 e. The zero-order chi connectivity index (χ0) is 18.3. The van der Waals surface area contributed by atoms with Gasteiger partial charge < -0.3 is 14.4 Å². The summed E-state index contributed by atoms with van der Waals surface area (Å²) >= 11 is 0. The van der Waals surface area contributed by atoms with Crippen LogP contribution in [0.1, 0.15) is 18.9 Å². The van der Waals surface area contributed by atoms with E-state index in [0.717, 1.165) is 31.7 Å². The summed E-state index contributed by atoms with van der Waals surface area (Å²) in [4.78, 5) is 15.8. The van der Waals surface area contributed by atoms with Gasteiger partial charge in [0, 0.05) is 39.3 Å². The number of alkyl halides is 3. The van der Waals surface area contributed by atoms with Crippen LogP contribution >= 0.6 is 0 Å². The fourth-order valence-corrected chi connectivity index (χ4v) is 2.71. The molecule has 0 aromatic heterocycles. The van der Waals surface area contributed by atoms with Gasteiger partial charge in [-0.2, -0.15) is 0 Å². The molecule has 140 valence electrons. The smallest absolute Gasteiger partial charge is 0.466 e. The van der Waals surface area contributed by atoms with Crippen molar-refractivity contribution in [3.8, 4) is 5.75 Å². The topological polar surface area (TPSA) is 42.0 Å². The van der Waals surface area contributed by atoms with Crippen molar-refractivity contribution in [1.29, 1.82) is 0 Å². The van der Waals surface area contributed by atoms with Gasteiger partial charge in [-0.15, -0.1) is 13.2 Å². The third-order valence-electron chi connectivity index (χ3n) is 3.97. The first-order valence-corrected chi connectivity index (χ1v) is 8.31. The Kier molecular flexibility index (Phi) is 7.07. The average molecular weight is 360 g/mol. The van der Waals surface area contributed by atoms with Crippen molar-refractivity contribution in [2.24, 2.45) is 0 Å². The number of piperazine rings is 1. The van der Waals surface area contributed by atoms with E-state index in [2.05, 4.69) is 14.5 Å². The molecule has 0 N–H and O–H groups in total. The van der Waals surface area contributed by atoms with E-state index in [9.17, 15) is 18.0 Å². The van der Waals surface area contributed by atoms with Gasteiger partial charge in [0.05, 0.1) is 13.0 Å². The van der Waals surface area contributed by atoms with Crippen LogP contribution in [-0.4, -0.2) is 61.5 Å². The number of ether oxygens (including phenoxy) is 2. The lowest BCUT2D eigenvalue weighted by Crippen LogP contribution is -2.46. The van der Waals surface area contributed by atoms with E-state index in [4.69, 9.17) is 4.74 Å². The van der Waals surface area contributed by atoms with E-state index in [1.54, 1.807) is 19.1 Å². The maximum absolute atomic E-state index is 12.1. The molecular weight excluding hydrogens is 337 g/mol. The molecule has 0 atom stereocenters. The lowest BCUT2D eigenvalue weighted by Gasteiger charge is -2.34. The maximum Gasteiger partial charge on any atom is 0.573 e. The highest BCUT2D eigenvalue weighted by molar-refractivity contribution is 5.69. The normalized spacial score (nSPS) is 16.6. The van der Waals surface area contributed by atoms with Crippen LogP contribution in [-0.2, 0) is 16.1 Å². The van der Waals surface area contributed by atoms with Gasteiger partial charge in [0.15, 0.2) is 0 Å². The molecule has 1 fully saturated rings. The van der Waals surface area contributed by atoms with Gasteiger partial charge in [-0.05, 0) is 24.6 Å². The van der Waals surface area contributed by atoms with Crippen LogP contribution in [0, 0.1) is 0 Å². The van der Waals surface area contributed by atoms with Crippen LogP contribution in [0.25, 0.3) is 0 Å². The second kappa shape index (κ2) is 9.05. The summed E-state index contributed by atoms with van der Waals surface area (Å²) in [5.41, 5.74) is 0.939. The molecule has 0 spiro atoms. The summed E-state index contributed by atoms with van der Waals surface area (Å²) < 4.78 is 45.2. The molecule has 0 unspecified atom stereocenters. The van der Waals surface area contributed by atoms with Crippen LogP contribution in [0.4, 0.5) is 13.2 Å². The quantitative estimate of drug-likeness (QED) is 0.700. The molecule has 0 radical (unpaired) electrons. The molecule has 1 aliphatic heterocycles. The summed E-state index contributed by atoms with van der Waals surface area (Å²) in [5, 5.41) is 0. The summed E-state index contributed by atoms with van der Waals surface area (Å²) in [5.74, 6) is -0.383.